The molecule has 0 bridgehead atoms. The Morgan fingerprint density at radius 3 is 1.50 bits per heavy atom. The molecule has 6 heavy (non-hydrogen) atoms. The largest absolute Gasteiger partial charge is 0.545 e. The number of nitrogens with two attached hydrogens (primary N) is 1. The summed E-state index contributed by atoms with van der Waals surface area (Å²) in [5.74, 6) is 0. The summed E-state index contributed by atoms with van der Waals surface area (Å²) >= 11 is 0. The van der Waals surface area contributed by atoms with Crippen LogP contribution in [0.25, 0.3) is 0 Å². The molecule has 0 atom stereocenters. The quantitative estimate of drug-likeness (QED) is 0.255. The van der Waals surface area contributed by atoms with Crippen LogP contribution in [0.15, 0.2) is 0 Å². The van der Waals surface area contributed by atoms with Gasteiger partial charge in [0, 0.05) is 17.1 Å². The molecule has 0 aromatic rings. The van der Waals surface area contributed by atoms with Crippen LogP contribution < -0.4 is 5.73 Å². The summed E-state index contributed by atoms with van der Waals surface area (Å²) in [4.78, 5) is 16.3. The zero-order chi connectivity index (χ0) is 4.71. The van der Waals surface area contributed by atoms with Crippen molar-refractivity contribution in [2.24, 2.45) is 5.73 Å². The third-order valence-corrected chi connectivity index (χ3v) is 0. The summed E-state index contributed by atoms with van der Waals surface area (Å²) in [6, 6.07) is 0. The number of rotatable bonds is 0. The van der Waals surface area contributed by atoms with E-state index in [0.29, 0.717) is 0 Å². The van der Waals surface area contributed by atoms with Crippen LogP contribution in [0.4, 0.5) is 0 Å². The van der Waals surface area contributed by atoms with E-state index in [1.54, 1.807) is 0 Å². The fourth-order valence-electron chi connectivity index (χ4n) is 0. The minimum Gasteiger partial charge on any atom is -0.545 e. The van der Waals surface area contributed by atoms with E-state index in [1.807, 2.05) is 0 Å². The molecule has 0 rings (SSSR count). The van der Waals surface area contributed by atoms with Crippen LogP contribution in [0.1, 0.15) is 0 Å². The van der Waals surface area contributed by atoms with Gasteiger partial charge < -0.3 is 10.5 Å². The molecule has 38 valence electrons. The molecule has 3 nitrogen and oxygen atoms in total. The molecule has 1 amide bonds. The van der Waals surface area contributed by atoms with Crippen LogP contribution in [0.5, 0.6) is 0 Å². The van der Waals surface area contributed by atoms with Crippen LogP contribution in [-0.4, -0.2) is 13.2 Å². The molecule has 4 heteroatoms. The fourth-order valence-corrected chi connectivity index (χ4v) is 0. The maximum absolute atomic E-state index is 8.58. The van der Waals surface area contributed by atoms with Gasteiger partial charge in [-0.25, -0.2) is 0 Å². The summed E-state index contributed by atoms with van der Waals surface area (Å²) in [6.45, 7) is 3.25. The van der Waals surface area contributed by atoms with Gasteiger partial charge in [0.1, 0.15) is 0 Å². The molecule has 2 N–H and O–H groups in total. The normalized spacial score (nSPS) is 2.67. The van der Waals surface area contributed by atoms with Crippen molar-refractivity contribution >= 4 is 13.2 Å². The molecule has 0 saturated carbocycles. The molecular weight excluding hydrogens is 126 g/mol. The van der Waals surface area contributed by atoms with Crippen molar-refractivity contribution in [2.75, 3.05) is 0 Å². The summed E-state index contributed by atoms with van der Waals surface area (Å²) in [5.41, 5.74) is 4.17. The topological polar surface area (TPSA) is 60.2 Å². The van der Waals surface area contributed by atoms with Crippen molar-refractivity contribution in [1.29, 1.82) is 0 Å². The van der Waals surface area contributed by atoms with Crippen molar-refractivity contribution in [2.45, 2.75) is 0 Å². The average molecular weight is 130 g/mol. The third kappa shape index (κ3) is 223. The molecule has 0 spiro atoms. The fraction of sp³-hybridized carbons (Fsp3) is 0. The average Bonchev–Trinajstić information content (AvgIpc) is 1.46. The van der Waals surface area contributed by atoms with Crippen molar-refractivity contribution in [3.63, 3.8) is 0 Å². The van der Waals surface area contributed by atoms with Gasteiger partial charge in [-0.3, -0.25) is 11.6 Å². The van der Waals surface area contributed by atoms with Gasteiger partial charge >= 0.3 is 0 Å². The Balaban J connectivity index is -0.0000000275. The van der Waals surface area contributed by atoms with E-state index in [2.05, 4.69) is 12.5 Å². The Kier molecular flexibility index (Phi) is 415. The Morgan fingerprint density at radius 1 is 1.50 bits per heavy atom. The SMILES string of the molecule is NC=O.[CH-]=O.[Fe]. The van der Waals surface area contributed by atoms with Crippen molar-refractivity contribution in [3.8, 4) is 0 Å². The zero-order valence-corrected chi connectivity index (χ0v) is 4.01. The second kappa shape index (κ2) is 143. The Labute approximate surface area is 46.4 Å². The predicted octanol–water partition coefficient (Wildman–Crippen LogP) is -1.18. The Bertz CT molecular complexity index is 25.5. The van der Waals surface area contributed by atoms with Gasteiger partial charge in [-0.05, 0) is 0 Å². The monoisotopic (exact) mass is 130 g/mol. The van der Waals surface area contributed by atoms with Gasteiger partial charge in [0.25, 0.3) is 0 Å². The van der Waals surface area contributed by atoms with E-state index < -0.39 is 0 Å². The van der Waals surface area contributed by atoms with Gasteiger partial charge in [0.2, 0.25) is 6.41 Å². The molecular formula is C2H4FeNO2-. The van der Waals surface area contributed by atoms with Gasteiger partial charge in [0.15, 0.2) is 0 Å². The maximum atomic E-state index is 8.58. The Hall–Kier alpha value is -0.341. The predicted molar refractivity (Wildman–Crippen MR) is 17.0 cm³/mol. The molecule has 0 unspecified atom stereocenters. The van der Waals surface area contributed by atoms with Crippen LogP contribution >= 0.6 is 0 Å². The summed E-state index contributed by atoms with van der Waals surface area (Å²) in [5, 5.41) is 0. The first-order chi connectivity index (χ1) is 2.41. The van der Waals surface area contributed by atoms with E-state index in [1.165, 1.54) is 0 Å². The maximum Gasteiger partial charge on any atom is 0.204 e. The molecule has 0 aromatic carbocycles. The van der Waals surface area contributed by atoms with E-state index in [0.717, 1.165) is 0 Å². The van der Waals surface area contributed by atoms with E-state index in [-0.39, 0.29) is 23.5 Å². The molecule has 0 aromatic heterocycles. The van der Waals surface area contributed by atoms with Gasteiger partial charge in [0.05, 0.1) is 0 Å². The standard InChI is InChI=1S/CH3NO.CHO.Fe/c2-1-3;1-2;/h1H,(H2,2,3);1H;/q;-1;. The van der Waals surface area contributed by atoms with Gasteiger partial charge in [-0.2, -0.15) is 0 Å². The van der Waals surface area contributed by atoms with Crippen molar-refractivity contribution in [3.05, 3.63) is 0 Å². The van der Waals surface area contributed by atoms with E-state index in [9.17, 15) is 0 Å². The number of primary amides is 1. The summed E-state index contributed by atoms with van der Waals surface area (Å²) < 4.78 is 0. The minimum absolute atomic E-state index is 0. The molecule has 0 aliphatic heterocycles. The first-order valence-electron chi connectivity index (χ1n) is 0.805. The number of hydrogen-bond acceptors (Lipinski definition) is 2. The van der Waals surface area contributed by atoms with Crippen LogP contribution in [0.3, 0.4) is 0 Å². The second-order valence-electron chi connectivity index (χ2n) is 0.136. The molecule has 0 aliphatic rings. The molecule has 0 aliphatic carbocycles. The first kappa shape index (κ1) is 17.4. The second-order valence-corrected chi connectivity index (χ2v) is 0.136. The molecule has 0 heterocycles. The number of amides is 1. The zero-order valence-electron chi connectivity index (χ0n) is 2.90. The number of carbonyl (C=O) groups is 1. The first-order valence-corrected chi connectivity index (χ1v) is 0.805. The van der Waals surface area contributed by atoms with Crippen molar-refractivity contribution in [1.82, 2.24) is 0 Å². The van der Waals surface area contributed by atoms with Crippen LogP contribution in [0.2, 0.25) is 0 Å². The smallest absolute Gasteiger partial charge is 0.204 e. The van der Waals surface area contributed by atoms with Crippen LogP contribution in [0, 0.1) is 0 Å². The Morgan fingerprint density at radius 2 is 1.50 bits per heavy atom. The minimum atomic E-state index is 0. The van der Waals surface area contributed by atoms with E-state index in [4.69, 9.17) is 9.59 Å². The number of hydrogen-bond donors (Lipinski definition) is 1. The van der Waals surface area contributed by atoms with Crippen LogP contribution in [-0.2, 0) is 26.7 Å². The molecule has 0 radical (unpaired) electrons. The van der Waals surface area contributed by atoms with E-state index >= 15 is 0 Å². The van der Waals surface area contributed by atoms with Gasteiger partial charge in [-0.15, -0.1) is 0 Å². The summed E-state index contributed by atoms with van der Waals surface area (Å²) in [7, 11) is 0. The molecule has 0 fully saturated rings. The number of carbonyl (C=O) groups excluding carboxylic acids is 2. The van der Waals surface area contributed by atoms with Crippen molar-refractivity contribution < 1.29 is 26.7 Å². The van der Waals surface area contributed by atoms with Gasteiger partial charge in [-0.1, -0.05) is 0 Å². The summed E-state index contributed by atoms with van der Waals surface area (Å²) in [6.07, 6.45) is 0.250. The molecule has 0 saturated heterocycles. The third-order valence-electron chi connectivity index (χ3n) is 0.